The van der Waals surface area contributed by atoms with Gasteiger partial charge in [-0.25, -0.2) is 0 Å². The van der Waals surface area contributed by atoms with Crippen LogP contribution in [0.2, 0.25) is 0 Å². The lowest BCUT2D eigenvalue weighted by atomic mass is 9.98. The molecule has 1 saturated heterocycles. The van der Waals surface area contributed by atoms with Crippen molar-refractivity contribution in [1.82, 2.24) is 4.90 Å². The Hall–Kier alpha value is -0.280. The number of likely N-dealkylation sites (tertiary alicyclic amines) is 1. The SMILES string of the molecule is COCC1CCCN(C(=O)CCCCCl)C1. The van der Waals surface area contributed by atoms with E-state index in [1.165, 1.54) is 6.42 Å². The van der Waals surface area contributed by atoms with Gasteiger partial charge in [-0.05, 0) is 31.6 Å². The molecule has 1 heterocycles. The Morgan fingerprint density at radius 1 is 1.50 bits per heavy atom. The molecule has 1 aliphatic rings. The molecule has 1 atom stereocenters. The number of carbonyl (C=O) groups excluding carboxylic acids is 1. The minimum atomic E-state index is 0.283. The van der Waals surface area contributed by atoms with Crippen molar-refractivity contribution in [2.45, 2.75) is 32.1 Å². The zero-order valence-corrected chi connectivity index (χ0v) is 10.8. The minimum absolute atomic E-state index is 0.283. The van der Waals surface area contributed by atoms with Gasteiger partial charge < -0.3 is 9.64 Å². The summed E-state index contributed by atoms with van der Waals surface area (Å²) in [5, 5.41) is 0. The molecule has 0 N–H and O–H groups in total. The summed E-state index contributed by atoms with van der Waals surface area (Å²) in [6.07, 6.45) is 4.78. The average Bonchev–Trinajstić information content (AvgIpc) is 2.30. The van der Waals surface area contributed by atoms with Crippen molar-refractivity contribution in [3.8, 4) is 0 Å². The first-order chi connectivity index (χ1) is 7.77. The molecule has 1 unspecified atom stereocenters. The van der Waals surface area contributed by atoms with Crippen LogP contribution in [-0.2, 0) is 9.53 Å². The third kappa shape index (κ3) is 4.71. The summed E-state index contributed by atoms with van der Waals surface area (Å²) in [5.74, 6) is 1.46. The zero-order valence-electron chi connectivity index (χ0n) is 10.1. The third-order valence-electron chi connectivity index (χ3n) is 3.05. The summed E-state index contributed by atoms with van der Waals surface area (Å²) in [6, 6.07) is 0. The smallest absolute Gasteiger partial charge is 0.222 e. The molecule has 0 aromatic heterocycles. The fourth-order valence-electron chi connectivity index (χ4n) is 2.19. The average molecular weight is 248 g/mol. The molecule has 0 aromatic carbocycles. The Balaban J connectivity index is 2.26. The van der Waals surface area contributed by atoms with E-state index in [0.717, 1.165) is 39.0 Å². The number of ether oxygens (including phenoxy) is 1. The normalized spacial score (nSPS) is 21.1. The van der Waals surface area contributed by atoms with E-state index in [2.05, 4.69) is 0 Å². The fourth-order valence-corrected chi connectivity index (χ4v) is 2.38. The highest BCUT2D eigenvalue weighted by atomic mass is 35.5. The largest absolute Gasteiger partial charge is 0.384 e. The lowest BCUT2D eigenvalue weighted by molar-refractivity contribution is -0.133. The Labute approximate surface area is 103 Å². The van der Waals surface area contributed by atoms with Crippen LogP contribution in [-0.4, -0.2) is 43.5 Å². The van der Waals surface area contributed by atoms with Crippen LogP contribution in [0.3, 0.4) is 0 Å². The van der Waals surface area contributed by atoms with E-state index >= 15 is 0 Å². The number of alkyl halides is 1. The van der Waals surface area contributed by atoms with Crippen LogP contribution in [0, 0.1) is 5.92 Å². The van der Waals surface area contributed by atoms with Gasteiger partial charge in [0.25, 0.3) is 0 Å². The van der Waals surface area contributed by atoms with Gasteiger partial charge in [0, 0.05) is 32.5 Å². The minimum Gasteiger partial charge on any atom is -0.384 e. The van der Waals surface area contributed by atoms with E-state index in [1.807, 2.05) is 4.90 Å². The van der Waals surface area contributed by atoms with Crippen LogP contribution in [0.15, 0.2) is 0 Å². The molecular formula is C12H22ClNO2. The maximum atomic E-state index is 11.9. The highest BCUT2D eigenvalue weighted by molar-refractivity contribution is 6.17. The monoisotopic (exact) mass is 247 g/mol. The number of rotatable bonds is 6. The Bertz CT molecular complexity index is 209. The topological polar surface area (TPSA) is 29.5 Å². The van der Waals surface area contributed by atoms with Crippen molar-refractivity contribution >= 4 is 17.5 Å². The maximum absolute atomic E-state index is 11.9. The molecule has 0 radical (unpaired) electrons. The van der Waals surface area contributed by atoms with Crippen molar-refractivity contribution < 1.29 is 9.53 Å². The van der Waals surface area contributed by atoms with E-state index < -0.39 is 0 Å². The third-order valence-corrected chi connectivity index (χ3v) is 3.32. The number of unbranched alkanes of at least 4 members (excludes halogenated alkanes) is 1. The van der Waals surface area contributed by atoms with Gasteiger partial charge in [-0.15, -0.1) is 11.6 Å². The maximum Gasteiger partial charge on any atom is 0.222 e. The van der Waals surface area contributed by atoms with Gasteiger partial charge in [0.15, 0.2) is 0 Å². The second kappa shape index (κ2) is 7.91. The first-order valence-electron chi connectivity index (χ1n) is 6.10. The number of amides is 1. The lowest BCUT2D eigenvalue weighted by Crippen LogP contribution is -2.41. The molecule has 0 aliphatic carbocycles. The number of nitrogens with zero attached hydrogens (tertiary/aromatic N) is 1. The Kier molecular flexibility index (Phi) is 6.81. The van der Waals surface area contributed by atoms with E-state index in [9.17, 15) is 4.79 Å². The number of piperidine rings is 1. The van der Waals surface area contributed by atoms with Crippen molar-refractivity contribution in [2.75, 3.05) is 32.7 Å². The molecule has 1 amide bonds. The second-order valence-electron chi connectivity index (χ2n) is 4.45. The van der Waals surface area contributed by atoms with Gasteiger partial charge in [-0.2, -0.15) is 0 Å². The highest BCUT2D eigenvalue weighted by Crippen LogP contribution is 2.17. The molecule has 0 bridgehead atoms. The summed E-state index contributed by atoms with van der Waals surface area (Å²) < 4.78 is 5.15. The molecule has 1 rings (SSSR count). The quantitative estimate of drug-likeness (QED) is 0.532. The van der Waals surface area contributed by atoms with Crippen LogP contribution in [0.1, 0.15) is 32.1 Å². The van der Waals surface area contributed by atoms with Crippen molar-refractivity contribution in [3.63, 3.8) is 0 Å². The van der Waals surface area contributed by atoms with Gasteiger partial charge >= 0.3 is 0 Å². The lowest BCUT2D eigenvalue weighted by Gasteiger charge is -2.32. The molecule has 4 heteroatoms. The van der Waals surface area contributed by atoms with Gasteiger partial charge in [0.05, 0.1) is 6.61 Å². The molecule has 3 nitrogen and oxygen atoms in total. The van der Waals surface area contributed by atoms with Crippen LogP contribution in [0.4, 0.5) is 0 Å². The summed E-state index contributed by atoms with van der Waals surface area (Å²) in [6.45, 7) is 2.55. The number of carbonyl (C=O) groups is 1. The van der Waals surface area contributed by atoms with Gasteiger partial charge in [-0.3, -0.25) is 4.79 Å². The van der Waals surface area contributed by atoms with Crippen molar-refractivity contribution in [1.29, 1.82) is 0 Å². The molecular weight excluding hydrogens is 226 g/mol. The predicted molar refractivity (Wildman–Crippen MR) is 65.8 cm³/mol. The molecule has 94 valence electrons. The summed E-state index contributed by atoms with van der Waals surface area (Å²) >= 11 is 5.59. The summed E-state index contributed by atoms with van der Waals surface area (Å²) in [5.41, 5.74) is 0. The zero-order chi connectivity index (χ0) is 11.8. The predicted octanol–water partition coefficient (Wildman–Crippen LogP) is 2.28. The molecule has 1 fully saturated rings. The standard InChI is InChI=1S/C12H22ClNO2/c1-16-10-11-5-4-8-14(9-11)12(15)6-2-3-7-13/h11H,2-10H2,1H3. The van der Waals surface area contributed by atoms with Gasteiger partial charge in [-0.1, -0.05) is 0 Å². The van der Waals surface area contributed by atoms with Crippen LogP contribution in [0.5, 0.6) is 0 Å². The van der Waals surface area contributed by atoms with Gasteiger partial charge in [0.2, 0.25) is 5.91 Å². The van der Waals surface area contributed by atoms with Crippen LogP contribution >= 0.6 is 11.6 Å². The van der Waals surface area contributed by atoms with Crippen molar-refractivity contribution in [2.24, 2.45) is 5.92 Å². The molecule has 16 heavy (non-hydrogen) atoms. The molecule has 0 spiro atoms. The van der Waals surface area contributed by atoms with E-state index in [-0.39, 0.29) is 5.91 Å². The van der Waals surface area contributed by atoms with Crippen LogP contribution in [0.25, 0.3) is 0 Å². The number of methoxy groups -OCH3 is 1. The summed E-state index contributed by atoms with van der Waals surface area (Å²) in [7, 11) is 1.72. The van der Waals surface area contributed by atoms with E-state index in [0.29, 0.717) is 18.2 Å². The number of halogens is 1. The van der Waals surface area contributed by atoms with E-state index in [1.54, 1.807) is 7.11 Å². The van der Waals surface area contributed by atoms with Crippen LogP contribution < -0.4 is 0 Å². The molecule has 0 saturated carbocycles. The number of hydrogen-bond acceptors (Lipinski definition) is 2. The first-order valence-corrected chi connectivity index (χ1v) is 6.64. The van der Waals surface area contributed by atoms with Gasteiger partial charge in [0.1, 0.15) is 0 Å². The molecule has 0 aromatic rings. The Morgan fingerprint density at radius 2 is 2.31 bits per heavy atom. The number of hydrogen-bond donors (Lipinski definition) is 0. The van der Waals surface area contributed by atoms with Crippen molar-refractivity contribution in [3.05, 3.63) is 0 Å². The Morgan fingerprint density at radius 3 is 3.00 bits per heavy atom. The summed E-state index contributed by atoms with van der Waals surface area (Å²) in [4.78, 5) is 13.9. The second-order valence-corrected chi connectivity index (χ2v) is 4.83. The van der Waals surface area contributed by atoms with E-state index in [4.69, 9.17) is 16.3 Å². The first kappa shape index (κ1) is 13.8. The fraction of sp³-hybridized carbons (Fsp3) is 0.917. The highest BCUT2D eigenvalue weighted by Gasteiger charge is 2.22. The molecule has 1 aliphatic heterocycles.